The fraction of sp³-hybridized carbons (Fsp3) is 0.412. The average molecular weight is 539 g/mol. The number of thiazole rings is 1. The van der Waals surface area contributed by atoms with Crippen LogP contribution in [0.4, 0.5) is 0 Å². The van der Waals surface area contributed by atoms with E-state index < -0.39 is 0 Å². The van der Waals surface area contributed by atoms with E-state index in [-0.39, 0.29) is 30.1 Å². The maximum absolute atomic E-state index is 5.93. The minimum atomic E-state index is 0. The Morgan fingerprint density at radius 3 is 2.64 bits per heavy atom. The van der Waals surface area contributed by atoms with E-state index in [2.05, 4.69) is 36.5 Å². The number of benzene rings is 1. The largest absolute Gasteiger partial charge is 0.488 e. The molecule has 8 heteroatoms. The van der Waals surface area contributed by atoms with Crippen LogP contribution >= 0.6 is 51.2 Å². The van der Waals surface area contributed by atoms with Crippen molar-refractivity contribution >= 4 is 57.2 Å². The molecule has 5 nitrogen and oxygen atoms in total. The molecule has 0 saturated carbocycles. The van der Waals surface area contributed by atoms with Gasteiger partial charge in [-0.2, -0.15) is 0 Å². The molecule has 0 spiro atoms. The maximum atomic E-state index is 5.93. The van der Waals surface area contributed by atoms with Gasteiger partial charge in [0.25, 0.3) is 0 Å². The van der Waals surface area contributed by atoms with E-state index in [1.54, 1.807) is 18.4 Å². The second-order valence-corrected chi connectivity index (χ2v) is 7.55. The van der Waals surface area contributed by atoms with Gasteiger partial charge in [-0.15, -0.1) is 35.3 Å². The zero-order chi connectivity index (χ0) is 17.5. The van der Waals surface area contributed by atoms with Gasteiger partial charge in [0.2, 0.25) is 0 Å². The Kier molecular flexibility index (Phi) is 9.73. The molecule has 0 aliphatic rings. The van der Waals surface area contributed by atoms with Crippen molar-refractivity contribution in [2.45, 2.75) is 33.4 Å². The maximum Gasteiger partial charge on any atom is 0.191 e. The molecule has 2 aromatic rings. The van der Waals surface area contributed by atoms with Crippen molar-refractivity contribution < 1.29 is 4.74 Å². The third kappa shape index (κ3) is 7.10. The van der Waals surface area contributed by atoms with Crippen molar-refractivity contribution in [1.82, 2.24) is 15.6 Å². The van der Waals surface area contributed by atoms with Crippen LogP contribution in [-0.4, -0.2) is 30.6 Å². The molecule has 138 valence electrons. The first-order chi connectivity index (χ1) is 11.5. The van der Waals surface area contributed by atoms with E-state index >= 15 is 0 Å². The zero-order valence-corrected chi connectivity index (χ0v) is 19.5. The molecule has 1 aromatic carbocycles. The molecule has 0 radical (unpaired) electrons. The van der Waals surface area contributed by atoms with Gasteiger partial charge in [0.05, 0.1) is 28.3 Å². The SMILES string of the molecule is CN=C(NCc1sc(C)nc1C)NCC(C)Oc1ccccc1Br.I. The molecule has 1 heterocycles. The summed E-state index contributed by atoms with van der Waals surface area (Å²) < 4.78 is 6.88. The Morgan fingerprint density at radius 2 is 2.04 bits per heavy atom. The van der Waals surface area contributed by atoms with E-state index in [0.29, 0.717) is 6.54 Å². The van der Waals surface area contributed by atoms with Gasteiger partial charge in [0.1, 0.15) is 11.9 Å². The Bertz CT molecular complexity index is 708. The van der Waals surface area contributed by atoms with Crippen LogP contribution in [0.1, 0.15) is 22.5 Å². The number of hydrogen-bond acceptors (Lipinski definition) is 4. The molecule has 0 amide bonds. The molecule has 0 fully saturated rings. The standard InChI is InChI=1S/C17H23BrN4OS.HI/c1-11(23-15-8-6-5-7-14(15)18)9-20-17(19-4)21-10-16-12(2)22-13(3)24-16;/h5-8,11H,9-10H2,1-4H3,(H2,19,20,21);1H. The quantitative estimate of drug-likeness (QED) is 0.327. The van der Waals surface area contributed by atoms with Crippen molar-refractivity contribution in [2.24, 2.45) is 4.99 Å². The first kappa shape index (κ1) is 22.2. The fourth-order valence-corrected chi connectivity index (χ4v) is 3.42. The van der Waals surface area contributed by atoms with Gasteiger partial charge in [-0.1, -0.05) is 12.1 Å². The van der Waals surface area contributed by atoms with Gasteiger partial charge < -0.3 is 15.4 Å². The smallest absolute Gasteiger partial charge is 0.191 e. The van der Waals surface area contributed by atoms with E-state index in [1.807, 2.05) is 45.0 Å². The first-order valence-corrected chi connectivity index (χ1v) is 9.39. The highest BCUT2D eigenvalue weighted by Crippen LogP contribution is 2.24. The first-order valence-electron chi connectivity index (χ1n) is 7.78. The summed E-state index contributed by atoms with van der Waals surface area (Å²) in [5.41, 5.74) is 1.08. The zero-order valence-electron chi connectivity index (χ0n) is 14.8. The topological polar surface area (TPSA) is 58.5 Å². The Labute approximate surface area is 178 Å². The number of rotatable bonds is 6. The number of halogens is 2. The lowest BCUT2D eigenvalue weighted by Crippen LogP contribution is -2.41. The molecule has 2 rings (SSSR count). The Morgan fingerprint density at radius 1 is 1.32 bits per heavy atom. The van der Waals surface area contributed by atoms with Crippen LogP contribution < -0.4 is 15.4 Å². The van der Waals surface area contributed by atoms with Crippen molar-refractivity contribution in [2.75, 3.05) is 13.6 Å². The highest BCUT2D eigenvalue weighted by atomic mass is 127. The summed E-state index contributed by atoms with van der Waals surface area (Å²) >= 11 is 5.20. The molecular weight excluding hydrogens is 515 g/mol. The summed E-state index contributed by atoms with van der Waals surface area (Å²) in [6, 6.07) is 7.84. The monoisotopic (exact) mass is 538 g/mol. The number of nitrogens with zero attached hydrogens (tertiary/aromatic N) is 2. The van der Waals surface area contributed by atoms with Crippen LogP contribution in [0.25, 0.3) is 0 Å². The minimum Gasteiger partial charge on any atom is -0.488 e. The molecule has 1 aromatic heterocycles. The Balaban J connectivity index is 0.00000312. The summed E-state index contributed by atoms with van der Waals surface area (Å²) in [6.45, 7) is 7.45. The Hall–Kier alpha value is -0.870. The van der Waals surface area contributed by atoms with Crippen molar-refractivity contribution in [3.05, 3.63) is 44.3 Å². The van der Waals surface area contributed by atoms with Crippen molar-refractivity contribution in [3.8, 4) is 5.75 Å². The summed E-state index contributed by atoms with van der Waals surface area (Å²) in [5.74, 6) is 1.59. The highest BCUT2D eigenvalue weighted by Gasteiger charge is 2.09. The molecule has 0 aliphatic carbocycles. The number of aliphatic imine (C=N–C) groups is 1. The summed E-state index contributed by atoms with van der Waals surface area (Å²) in [6.07, 6.45) is 0.00892. The predicted molar refractivity (Wildman–Crippen MR) is 119 cm³/mol. The van der Waals surface area contributed by atoms with Crippen LogP contribution in [-0.2, 0) is 6.54 Å². The van der Waals surface area contributed by atoms with Gasteiger partial charge in [-0.3, -0.25) is 4.99 Å². The normalized spacial score (nSPS) is 12.3. The van der Waals surface area contributed by atoms with Gasteiger partial charge in [-0.05, 0) is 48.8 Å². The third-order valence-corrected chi connectivity index (χ3v) is 5.09. The fourth-order valence-electron chi connectivity index (χ4n) is 2.16. The lowest BCUT2D eigenvalue weighted by Gasteiger charge is -2.18. The number of aryl methyl sites for hydroxylation is 2. The van der Waals surface area contributed by atoms with Crippen LogP contribution in [0.3, 0.4) is 0 Å². The number of guanidine groups is 1. The number of nitrogens with one attached hydrogen (secondary N) is 2. The predicted octanol–water partition coefficient (Wildman–Crippen LogP) is 4.27. The molecule has 0 aliphatic heterocycles. The second-order valence-electron chi connectivity index (χ2n) is 5.41. The van der Waals surface area contributed by atoms with Crippen molar-refractivity contribution in [3.63, 3.8) is 0 Å². The summed E-state index contributed by atoms with van der Waals surface area (Å²) in [7, 11) is 1.76. The van der Waals surface area contributed by atoms with Crippen molar-refractivity contribution in [1.29, 1.82) is 0 Å². The number of para-hydroxylation sites is 1. The lowest BCUT2D eigenvalue weighted by atomic mass is 10.3. The van der Waals surface area contributed by atoms with Crippen LogP contribution in [0.15, 0.2) is 33.7 Å². The molecule has 0 saturated heterocycles. The molecular formula is C17H24BrIN4OS. The molecule has 25 heavy (non-hydrogen) atoms. The lowest BCUT2D eigenvalue weighted by molar-refractivity contribution is 0.222. The van der Waals surface area contributed by atoms with E-state index in [0.717, 1.165) is 33.4 Å². The van der Waals surface area contributed by atoms with Crippen LogP contribution in [0.5, 0.6) is 5.75 Å². The van der Waals surface area contributed by atoms with Gasteiger partial charge in [0, 0.05) is 11.9 Å². The van der Waals surface area contributed by atoms with Gasteiger partial charge >= 0.3 is 0 Å². The molecule has 1 atom stereocenters. The van der Waals surface area contributed by atoms with E-state index in [4.69, 9.17) is 4.74 Å². The van der Waals surface area contributed by atoms with E-state index in [9.17, 15) is 0 Å². The molecule has 2 N–H and O–H groups in total. The average Bonchev–Trinajstić information content (AvgIpc) is 2.87. The van der Waals surface area contributed by atoms with Crippen LogP contribution in [0.2, 0.25) is 0 Å². The van der Waals surface area contributed by atoms with Gasteiger partial charge in [0.15, 0.2) is 5.96 Å². The summed E-state index contributed by atoms with van der Waals surface area (Å²) in [5, 5.41) is 7.69. The highest BCUT2D eigenvalue weighted by molar-refractivity contribution is 14.0. The second kappa shape index (κ2) is 11.0. The molecule has 1 unspecified atom stereocenters. The molecule has 0 bridgehead atoms. The van der Waals surface area contributed by atoms with Gasteiger partial charge in [-0.25, -0.2) is 4.98 Å². The number of aromatic nitrogens is 1. The number of ether oxygens (including phenoxy) is 1. The number of hydrogen-bond donors (Lipinski definition) is 2. The third-order valence-electron chi connectivity index (χ3n) is 3.36. The van der Waals surface area contributed by atoms with Crippen LogP contribution in [0, 0.1) is 13.8 Å². The minimum absolute atomic E-state index is 0. The van der Waals surface area contributed by atoms with E-state index in [1.165, 1.54) is 4.88 Å². The summed E-state index contributed by atoms with van der Waals surface area (Å²) in [4.78, 5) is 9.92.